The first-order chi connectivity index (χ1) is 5.52. The van der Waals surface area contributed by atoms with Crippen LogP contribution < -0.4 is 0 Å². The van der Waals surface area contributed by atoms with Crippen LogP contribution in [0.25, 0.3) is 0 Å². The Morgan fingerprint density at radius 1 is 1.25 bits per heavy atom. The van der Waals surface area contributed by atoms with Gasteiger partial charge in [0.05, 0.1) is 0 Å². The summed E-state index contributed by atoms with van der Waals surface area (Å²) in [5.74, 6) is 0.710. The van der Waals surface area contributed by atoms with E-state index in [-0.39, 0.29) is 5.37 Å². The molecular weight excluding hydrogens is 174 g/mol. The molecule has 0 aliphatic carbocycles. The number of hydrogen-bond donors (Lipinski definition) is 0. The minimum Gasteiger partial charge on any atom is -0.324 e. The summed E-state index contributed by atoms with van der Waals surface area (Å²) >= 11 is 5.48. The highest BCUT2D eigenvalue weighted by Gasteiger charge is 2.30. The fourth-order valence-electron chi connectivity index (χ4n) is 2.27. The highest BCUT2D eigenvalue weighted by Crippen LogP contribution is 2.28. The molecule has 1 aliphatic heterocycles. The van der Waals surface area contributed by atoms with Crippen LogP contribution in [0.3, 0.4) is 0 Å². The third-order valence-electron chi connectivity index (χ3n) is 2.64. The van der Waals surface area contributed by atoms with E-state index in [1.54, 1.807) is 4.90 Å². The number of piperidine rings is 1. The van der Waals surface area contributed by atoms with Gasteiger partial charge in [-0.05, 0) is 44.2 Å². The van der Waals surface area contributed by atoms with Crippen molar-refractivity contribution < 1.29 is 4.79 Å². The molecule has 1 aliphatic rings. The second-order valence-corrected chi connectivity index (χ2v) is 4.26. The van der Waals surface area contributed by atoms with Crippen molar-refractivity contribution >= 4 is 17.0 Å². The lowest BCUT2D eigenvalue weighted by atomic mass is 9.89. The Balaban J connectivity index is 2.66. The van der Waals surface area contributed by atoms with E-state index in [1.807, 2.05) is 0 Å². The topological polar surface area (TPSA) is 20.3 Å². The van der Waals surface area contributed by atoms with Crippen molar-refractivity contribution in [2.75, 3.05) is 0 Å². The van der Waals surface area contributed by atoms with Gasteiger partial charge in [0.2, 0.25) is 0 Å². The van der Waals surface area contributed by atoms with Gasteiger partial charge in [0.1, 0.15) is 0 Å². The SMILES string of the molecule is CC1C[C@@H](C)N(C(=O)Cl)[C@@H](C)C1. The number of rotatable bonds is 0. The van der Waals surface area contributed by atoms with Crippen LogP contribution in [-0.4, -0.2) is 22.3 Å². The maximum absolute atomic E-state index is 11.0. The second kappa shape index (κ2) is 3.65. The van der Waals surface area contributed by atoms with Gasteiger partial charge in [-0.25, -0.2) is 0 Å². The van der Waals surface area contributed by atoms with Crippen molar-refractivity contribution in [1.29, 1.82) is 0 Å². The van der Waals surface area contributed by atoms with Gasteiger partial charge in [0.25, 0.3) is 0 Å². The Morgan fingerprint density at radius 2 is 1.67 bits per heavy atom. The van der Waals surface area contributed by atoms with Gasteiger partial charge in [-0.3, -0.25) is 4.79 Å². The Morgan fingerprint density at radius 3 is 2.00 bits per heavy atom. The molecule has 1 saturated heterocycles. The predicted octanol–water partition coefficient (Wildman–Crippen LogP) is 2.85. The molecule has 3 atom stereocenters. The zero-order chi connectivity index (χ0) is 9.30. The summed E-state index contributed by atoms with van der Waals surface area (Å²) in [6, 6.07) is 0.600. The minimum absolute atomic E-state index is 0.300. The van der Waals surface area contributed by atoms with Crippen molar-refractivity contribution in [3.63, 3.8) is 0 Å². The van der Waals surface area contributed by atoms with Crippen molar-refractivity contribution in [1.82, 2.24) is 4.90 Å². The standard InChI is InChI=1S/C9H16ClNO/c1-6-4-7(2)11(9(10)12)8(3)5-6/h6-8H,4-5H2,1-3H3/t6?,7-,8+. The predicted molar refractivity (Wildman–Crippen MR) is 50.4 cm³/mol. The number of carbonyl (C=O) groups is 1. The molecule has 70 valence electrons. The highest BCUT2D eigenvalue weighted by atomic mass is 35.5. The maximum Gasteiger partial charge on any atom is 0.316 e. The third-order valence-corrected chi connectivity index (χ3v) is 2.83. The molecule has 0 aromatic carbocycles. The van der Waals surface area contributed by atoms with Crippen LogP contribution in [0.1, 0.15) is 33.6 Å². The summed E-state index contributed by atoms with van der Waals surface area (Å²) in [6.07, 6.45) is 2.14. The molecule has 0 aromatic heterocycles. The summed E-state index contributed by atoms with van der Waals surface area (Å²) in [7, 11) is 0. The quantitative estimate of drug-likeness (QED) is 0.424. The van der Waals surface area contributed by atoms with E-state index in [1.165, 1.54) is 0 Å². The van der Waals surface area contributed by atoms with E-state index >= 15 is 0 Å². The van der Waals surface area contributed by atoms with Gasteiger partial charge in [0.15, 0.2) is 0 Å². The fourth-order valence-corrected chi connectivity index (χ4v) is 2.60. The van der Waals surface area contributed by atoms with Crippen LogP contribution in [0.4, 0.5) is 4.79 Å². The van der Waals surface area contributed by atoms with Crippen LogP contribution in [0.2, 0.25) is 0 Å². The Kier molecular flexibility index (Phi) is 2.99. The smallest absolute Gasteiger partial charge is 0.316 e. The zero-order valence-corrected chi connectivity index (χ0v) is 8.64. The lowest BCUT2D eigenvalue weighted by molar-refractivity contribution is 0.116. The number of carbonyl (C=O) groups excluding carboxylic acids is 1. The molecule has 1 heterocycles. The van der Waals surface area contributed by atoms with Gasteiger partial charge < -0.3 is 4.90 Å². The number of halogens is 1. The summed E-state index contributed by atoms with van der Waals surface area (Å²) in [6.45, 7) is 6.35. The minimum atomic E-state index is -0.304. The Hall–Kier alpha value is -0.240. The van der Waals surface area contributed by atoms with E-state index in [4.69, 9.17) is 11.6 Å². The average molecular weight is 190 g/mol. The van der Waals surface area contributed by atoms with Gasteiger partial charge >= 0.3 is 5.37 Å². The summed E-state index contributed by atoms with van der Waals surface area (Å²) in [4.78, 5) is 12.8. The molecule has 1 amide bonds. The number of nitrogens with zero attached hydrogens (tertiary/aromatic N) is 1. The molecule has 0 radical (unpaired) electrons. The highest BCUT2D eigenvalue weighted by molar-refractivity contribution is 6.62. The van der Waals surface area contributed by atoms with E-state index < -0.39 is 0 Å². The Labute approximate surface area is 78.9 Å². The molecule has 1 fully saturated rings. The van der Waals surface area contributed by atoms with Gasteiger partial charge in [-0.2, -0.15) is 0 Å². The molecule has 0 N–H and O–H groups in total. The fraction of sp³-hybridized carbons (Fsp3) is 0.889. The number of amides is 1. The third kappa shape index (κ3) is 1.92. The van der Waals surface area contributed by atoms with Gasteiger partial charge in [-0.15, -0.1) is 0 Å². The molecule has 0 spiro atoms. The van der Waals surface area contributed by atoms with E-state index in [0.29, 0.717) is 18.0 Å². The van der Waals surface area contributed by atoms with Crippen LogP contribution in [0, 0.1) is 5.92 Å². The number of likely N-dealkylation sites (tertiary alicyclic amines) is 1. The normalized spacial score (nSPS) is 36.7. The lowest BCUT2D eigenvalue weighted by Gasteiger charge is -2.40. The van der Waals surface area contributed by atoms with Crippen molar-refractivity contribution in [3.05, 3.63) is 0 Å². The average Bonchev–Trinajstić information content (AvgIpc) is 1.82. The Bertz CT molecular complexity index is 171. The molecule has 3 heteroatoms. The first kappa shape index (κ1) is 9.85. The summed E-state index contributed by atoms with van der Waals surface area (Å²) in [5.41, 5.74) is 0. The largest absolute Gasteiger partial charge is 0.324 e. The van der Waals surface area contributed by atoms with Crippen molar-refractivity contribution in [3.8, 4) is 0 Å². The number of hydrogen-bond acceptors (Lipinski definition) is 1. The van der Waals surface area contributed by atoms with Crippen LogP contribution in [-0.2, 0) is 0 Å². The first-order valence-corrected chi connectivity index (χ1v) is 4.88. The molecule has 12 heavy (non-hydrogen) atoms. The van der Waals surface area contributed by atoms with Gasteiger partial charge in [0, 0.05) is 12.1 Å². The molecule has 2 nitrogen and oxygen atoms in total. The lowest BCUT2D eigenvalue weighted by Crippen LogP contribution is -2.47. The summed E-state index contributed by atoms with van der Waals surface area (Å²) < 4.78 is 0. The van der Waals surface area contributed by atoms with Crippen molar-refractivity contribution in [2.24, 2.45) is 5.92 Å². The van der Waals surface area contributed by atoms with Crippen LogP contribution in [0.5, 0.6) is 0 Å². The van der Waals surface area contributed by atoms with E-state index in [9.17, 15) is 4.79 Å². The molecule has 0 bridgehead atoms. The summed E-state index contributed by atoms with van der Waals surface area (Å²) in [5, 5.41) is -0.304. The maximum atomic E-state index is 11.0. The molecule has 0 aromatic rings. The van der Waals surface area contributed by atoms with Gasteiger partial charge in [-0.1, -0.05) is 6.92 Å². The van der Waals surface area contributed by atoms with Crippen LogP contribution >= 0.6 is 11.6 Å². The molecule has 1 rings (SSSR count). The monoisotopic (exact) mass is 189 g/mol. The molecule has 0 saturated carbocycles. The van der Waals surface area contributed by atoms with Crippen LogP contribution in [0.15, 0.2) is 0 Å². The van der Waals surface area contributed by atoms with E-state index in [0.717, 1.165) is 12.8 Å². The van der Waals surface area contributed by atoms with E-state index in [2.05, 4.69) is 20.8 Å². The molecule has 1 unspecified atom stereocenters. The van der Waals surface area contributed by atoms with Crippen molar-refractivity contribution in [2.45, 2.75) is 45.7 Å². The molecular formula is C9H16ClNO. The first-order valence-electron chi connectivity index (χ1n) is 4.50. The zero-order valence-electron chi connectivity index (χ0n) is 7.88. The second-order valence-electron chi connectivity index (χ2n) is 3.93.